The highest BCUT2D eigenvalue weighted by molar-refractivity contribution is 7.11. The van der Waals surface area contributed by atoms with Gasteiger partial charge in [-0.15, -0.1) is 11.3 Å². The number of imide groups is 1. The number of nitrogens with zero attached hydrogens (tertiary/aromatic N) is 1. The topological polar surface area (TPSA) is 86.7 Å². The molecule has 7 heteroatoms. The fourth-order valence-electron chi connectivity index (χ4n) is 1.51. The number of thiophene rings is 1. The molecule has 3 amide bonds. The molecule has 0 unspecified atom stereocenters. The molecule has 1 aliphatic heterocycles. The van der Waals surface area contributed by atoms with Gasteiger partial charge in [-0.05, 0) is 30.0 Å². The molecular weight excluding hydrogens is 256 g/mol. The Hall–Kier alpha value is -2.15. The zero-order valence-corrected chi connectivity index (χ0v) is 10.3. The number of carboxylic acids is 1. The molecule has 1 aromatic heterocycles. The highest BCUT2D eigenvalue weighted by Crippen LogP contribution is 2.21. The molecule has 1 aromatic rings. The summed E-state index contributed by atoms with van der Waals surface area (Å²) in [6.07, 6.45) is 1.56. The molecule has 94 valence electrons. The Labute approximate surface area is 107 Å². The Bertz CT molecular complexity index is 561. The number of aryl methyl sites for hydroxylation is 1. The smallest absolute Gasteiger partial charge is 0.329 e. The van der Waals surface area contributed by atoms with Crippen LogP contribution >= 0.6 is 11.3 Å². The molecular formula is C11H10N2O4S. The highest BCUT2D eigenvalue weighted by Gasteiger charge is 2.34. The van der Waals surface area contributed by atoms with Crippen molar-refractivity contribution >= 4 is 35.3 Å². The van der Waals surface area contributed by atoms with E-state index in [4.69, 9.17) is 5.11 Å². The van der Waals surface area contributed by atoms with Gasteiger partial charge in [-0.25, -0.2) is 9.69 Å². The number of hydrogen-bond donors (Lipinski definition) is 2. The van der Waals surface area contributed by atoms with Crippen molar-refractivity contribution in [1.29, 1.82) is 0 Å². The lowest BCUT2D eigenvalue weighted by molar-refractivity contribution is -0.140. The lowest BCUT2D eigenvalue weighted by atomic mass is 10.2. The second kappa shape index (κ2) is 4.61. The first-order valence-corrected chi connectivity index (χ1v) is 5.97. The number of hydrogen-bond acceptors (Lipinski definition) is 4. The van der Waals surface area contributed by atoms with Crippen LogP contribution < -0.4 is 5.32 Å². The van der Waals surface area contributed by atoms with Crippen molar-refractivity contribution in [2.24, 2.45) is 0 Å². The summed E-state index contributed by atoms with van der Waals surface area (Å²) in [6.45, 7) is 1.25. The van der Waals surface area contributed by atoms with Crippen LogP contribution in [-0.4, -0.2) is 34.5 Å². The number of carbonyl (C=O) groups excluding carboxylic acids is 2. The molecule has 6 nitrogen and oxygen atoms in total. The molecule has 2 heterocycles. The van der Waals surface area contributed by atoms with E-state index in [0.29, 0.717) is 4.90 Å². The molecule has 2 rings (SSSR count). The fourth-order valence-corrected chi connectivity index (χ4v) is 2.37. The molecule has 1 aliphatic rings. The van der Waals surface area contributed by atoms with Crippen LogP contribution in [-0.2, 0) is 9.59 Å². The van der Waals surface area contributed by atoms with E-state index >= 15 is 0 Å². The van der Waals surface area contributed by atoms with Gasteiger partial charge in [-0.1, -0.05) is 0 Å². The SMILES string of the molecule is Cc1ccsc1C=C1NC(=O)N(CC(=O)O)C1=O. The molecule has 0 spiro atoms. The van der Waals surface area contributed by atoms with Crippen LogP contribution in [0.25, 0.3) is 6.08 Å². The number of carboxylic acid groups (broad SMARTS) is 1. The number of aliphatic carboxylic acids is 1. The molecule has 18 heavy (non-hydrogen) atoms. The van der Waals surface area contributed by atoms with Crippen LogP contribution in [0.5, 0.6) is 0 Å². The van der Waals surface area contributed by atoms with Crippen molar-refractivity contribution in [1.82, 2.24) is 10.2 Å². The Balaban J connectivity index is 2.25. The van der Waals surface area contributed by atoms with E-state index in [1.54, 1.807) is 6.08 Å². The second-order valence-corrected chi connectivity index (χ2v) is 4.69. The van der Waals surface area contributed by atoms with Gasteiger partial charge in [0.05, 0.1) is 0 Å². The van der Waals surface area contributed by atoms with Crippen molar-refractivity contribution < 1.29 is 19.5 Å². The maximum atomic E-state index is 11.8. The van der Waals surface area contributed by atoms with Gasteiger partial charge in [0.1, 0.15) is 12.2 Å². The van der Waals surface area contributed by atoms with Gasteiger partial charge in [0.2, 0.25) is 0 Å². The van der Waals surface area contributed by atoms with Crippen molar-refractivity contribution in [3.05, 3.63) is 27.6 Å². The zero-order valence-electron chi connectivity index (χ0n) is 9.47. The van der Waals surface area contributed by atoms with E-state index in [1.165, 1.54) is 11.3 Å². The third kappa shape index (κ3) is 2.25. The van der Waals surface area contributed by atoms with Gasteiger partial charge < -0.3 is 10.4 Å². The van der Waals surface area contributed by atoms with Crippen LogP contribution in [0.3, 0.4) is 0 Å². The molecule has 0 radical (unpaired) electrons. The summed E-state index contributed by atoms with van der Waals surface area (Å²) >= 11 is 1.44. The number of rotatable bonds is 3. The summed E-state index contributed by atoms with van der Waals surface area (Å²) in [7, 11) is 0. The van der Waals surface area contributed by atoms with Gasteiger partial charge in [0.25, 0.3) is 5.91 Å². The van der Waals surface area contributed by atoms with Gasteiger partial charge >= 0.3 is 12.0 Å². The maximum absolute atomic E-state index is 11.8. The van der Waals surface area contributed by atoms with Crippen LogP contribution in [0.15, 0.2) is 17.1 Å². The minimum atomic E-state index is -1.23. The standard InChI is InChI=1S/C11H10N2O4S/c1-6-2-3-18-8(6)4-7-10(16)13(5-9(14)15)11(17)12-7/h2-4H,5H2,1H3,(H,12,17)(H,14,15). The second-order valence-electron chi connectivity index (χ2n) is 3.74. The first kappa shape index (κ1) is 12.3. The predicted octanol–water partition coefficient (Wildman–Crippen LogP) is 1.03. The average molecular weight is 266 g/mol. The Morgan fingerprint density at radius 3 is 2.83 bits per heavy atom. The molecule has 1 fully saturated rings. The molecule has 1 saturated heterocycles. The first-order valence-electron chi connectivity index (χ1n) is 5.09. The average Bonchev–Trinajstić information content (AvgIpc) is 2.79. The van der Waals surface area contributed by atoms with Gasteiger partial charge in [-0.3, -0.25) is 9.59 Å². The largest absolute Gasteiger partial charge is 0.480 e. The third-order valence-corrected chi connectivity index (χ3v) is 3.40. The molecule has 0 atom stereocenters. The molecule has 0 saturated carbocycles. The van der Waals surface area contributed by atoms with Crippen LogP contribution in [0.1, 0.15) is 10.4 Å². The van der Waals surface area contributed by atoms with Gasteiger partial charge in [0, 0.05) is 4.88 Å². The zero-order chi connectivity index (χ0) is 13.3. The number of urea groups is 1. The summed E-state index contributed by atoms with van der Waals surface area (Å²) in [5, 5.41) is 12.8. The van der Waals surface area contributed by atoms with Crippen LogP contribution in [0.4, 0.5) is 4.79 Å². The monoisotopic (exact) mass is 266 g/mol. The van der Waals surface area contributed by atoms with E-state index in [9.17, 15) is 14.4 Å². The number of carbonyl (C=O) groups is 3. The van der Waals surface area contributed by atoms with E-state index < -0.39 is 24.5 Å². The minimum Gasteiger partial charge on any atom is -0.480 e. The highest BCUT2D eigenvalue weighted by atomic mass is 32.1. The Morgan fingerprint density at radius 1 is 1.56 bits per heavy atom. The van der Waals surface area contributed by atoms with Crippen molar-refractivity contribution in [2.75, 3.05) is 6.54 Å². The Morgan fingerprint density at radius 2 is 2.28 bits per heavy atom. The molecule has 0 aliphatic carbocycles. The van der Waals surface area contributed by atoms with Gasteiger partial charge in [0.15, 0.2) is 0 Å². The van der Waals surface area contributed by atoms with E-state index in [2.05, 4.69) is 5.32 Å². The van der Waals surface area contributed by atoms with Crippen molar-refractivity contribution in [3.8, 4) is 0 Å². The summed E-state index contributed by atoms with van der Waals surface area (Å²) in [6, 6.07) is 1.19. The number of amides is 3. The molecule has 2 N–H and O–H groups in total. The first-order chi connectivity index (χ1) is 8.49. The van der Waals surface area contributed by atoms with Crippen LogP contribution in [0.2, 0.25) is 0 Å². The minimum absolute atomic E-state index is 0.104. The number of nitrogens with one attached hydrogen (secondary N) is 1. The summed E-state index contributed by atoms with van der Waals surface area (Å²) in [4.78, 5) is 35.3. The third-order valence-electron chi connectivity index (χ3n) is 2.43. The van der Waals surface area contributed by atoms with E-state index in [-0.39, 0.29) is 5.70 Å². The fraction of sp³-hybridized carbons (Fsp3) is 0.182. The van der Waals surface area contributed by atoms with E-state index in [0.717, 1.165) is 10.4 Å². The van der Waals surface area contributed by atoms with Gasteiger partial charge in [-0.2, -0.15) is 0 Å². The van der Waals surface area contributed by atoms with Crippen molar-refractivity contribution in [3.63, 3.8) is 0 Å². The summed E-state index contributed by atoms with van der Waals surface area (Å²) in [5.74, 6) is -1.85. The van der Waals surface area contributed by atoms with Crippen LogP contribution in [0, 0.1) is 6.92 Å². The summed E-state index contributed by atoms with van der Waals surface area (Å²) < 4.78 is 0. The molecule has 0 aromatic carbocycles. The van der Waals surface area contributed by atoms with Crippen molar-refractivity contribution in [2.45, 2.75) is 6.92 Å². The lowest BCUT2D eigenvalue weighted by Gasteiger charge is -2.06. The predicted molar refractivity (Wildman–Crippen MR) is 64.9 cm³/mol. The molecule has 0 bridgehead atoms. The van der Waals surface area contributed by atoms with E-state index in [1.807, 2.05) is 18.4 Å². The lowest BCUT2D eigenvalue weighted by Crippen LogP contribution is -2.35. The Kier molecular flexibility index (Phi) is 3.15. The normalized spacial score (nSPS) is 17.4. The quantitative estimate of drug-likeness (QED) is 0.632. The maximum Gasteiger partial charge on any atom is 0.329 e. The summed E-state index contributed by atoms with van der Waals surface area (Å²) in [5.41, 5.74) is 1.10.